The summed E-state index contributed by atoms with van der Waals surface area (Å²) < 4.78 is 0. The van der Waals surface area contributed by atoms with Crippen molar-refractivity contribution in [1.82, 2.24) is 19.9 Å². The largest absolute Gasteiger partial charge is 0.345 e. The van der Waals surface area contributed by atoms with Gasteiger partial charge in [0.2, 0.25) is 5.91 Å². The molecule has 3 heterocycles. The number of carbonyl (C=O) groups is 1. The number of nitrogens with zero attached hydrogens (tertiary/aromatic N) is 3. The molecule has 0 atom stereocenters. The lowest BCUT2D eigenvalue weighted by Crippen LogP contribution is -2.06. The molecule has 0 aliphatic carbocycles. The molecule has 0 aliphatic heterocycles. The van der Waals surface area contributed by atoms with Crippen molar-refractivity contribution >= 4 is 22.6 Å². The maximum Gasteiger partial charge on any atom is 0.247 e. The summed E-state index contributed by atoms with van der Waals surface area (Å²) in [5.74, 6) is 0.566. The fourth-order valence-electron chi connectivity index (χ4n) is 3.06. The molecule has 138 valence electrons. The topological polar surface area (TPSA) is 83.6 Å². The van der Waals surface area contributed by atoms with Gasteiger partial charge in [0, 0.05) is 47.2 Å². The van der Waals surface area contributed by atoms with E-state index in [9.17, 15) is 4.79 Å². The molecule has 0 aliphatic rings. The number of H-pyrrole nitrogens is 1. The first-order valence-electron chi connectivity index (χ1n) is 9.01. The average molecular weight is 369 g/mol. The Morgan fingerprint density at radius 3 is 2.93 bits per heavy atom. The van der Waals surface area contributed by atoms with Gasteiger partial charge in [-0.05, 0) is 35.9 Å². The summed E-state index contributed by atoms with van der Waals surface area (Å²) in [7, 11) is 0. The van der Waals surface area contributed by atoms with Crippen LogP contribution in [0.3, 0.4) is 0 Å². The molecule has 0 unspecified atom stereocenters. The van der Waals surface area contributed by atoms with E-state index in [1.54, 1.807) is 6.20 Å². The molecule has 6 heteroatoms. The standard InChI is InChI=1S/C22H19N5O/c1-3-20-23-9-8-19(27-20)18-13-25-22-17(18)11-15(12-24-22)14-6-5-7-16(10-14)26-21(28)4-2/h4-13H,2-3H2,1H3,(H,24,25)(H,26,28). The summed E-state index contributed by atoms with van der Waals surface area (Å²) in [6, 6.07) is 11.6. The van der Waals surface area contributed by atoms with Crippen LogP contribution in [-0.4, -0.2) is 25.8 Å². The molecule has 0 spiro atoms. The second-order valence-corrected chi connectivity index (χ2v) is 6.31. The first kappa shape index (κ1) is 17.6. The molecule has 0 bridgehead atoms. The number of rotatable bonds is 5. The number of carbonyl (C=O) groups excluding carboxylic acids is 1. The number of anilines is 1. The molecular formula is C22H19N5O. The van der Waals surface area contributed by atoms with Crippen molar-refractivity contribution in [2.75, 3.05) is 5.32 Å². The summed E-state index contributed by atoms with van der Waals surface area (Å²) in [5.41, 5.74) is 5.27. The van der Waals surface area contributed by atoms with E-state index >= 15 is 0 Å². The molecule has 1 amide bonds. The lowest BCUT2D eigenvalue weighted by Gasteiger charge is -2.07. The van der Waals surface area contributed by atoms with Gasteiger partial charge in [0.05, 0.1) is 5.69 Å². The predicted octanol–water partition coefficient (Wildman–Crippen LogP) is 4.37. The maximum absolute atomic E-state index is 11.6. The highest BCUT2D eigenvalue weighted by molar-refractivity contribution is 5.99. The number of nitrogens with one attached hydrogen (secondary N) is 2. The van der Waals surface area contributed by atoms with Crippen LogP contribution in [0.15, 0.2) is 67.6 Å². The minimum absolute atomic E-state index is 0.242. The van der Waals surface area contributed by atoms with E-state index in [1.165, 1.54) is 6.08 Å². The zero-order valence-electron chi connectivity index (χ0n) is 15.4. The summed E-state index contributed by atoms with van der Waals surface area (Å²) in [6.07, 6.45) is 7.54. The van der Waals surface area contributed by atoms with Crippen molar-refractivity contribution < 1.29 is 4.79 Å². The van der Waals surface area contributed by atoms with Crippen LogP contribution in [0, 0.1) is 0 Å². The minimum Gasteiger partial charge on any atom is -0.345 e. The van der Waals surface area contributed by atoms with Gasteiger partial charge in [0.15, 0.2) is 0 Å². The Hall–Kier alpha value is -3.80. The second-order valence-electron chi connectivity index (χ2n) is 6.31. The summed E-state index contributed by atoms with van der Waals surface area (Å²) in [4.78, 5) is 28.2. The van der Waals surface area contributed by atoms with Gasteiger partial charge < -0.3 is 10.3 Å². The SMILES string of the molecule is C=CC(=O)Nc1cccc(-c2cnc3[nH]cc(-c4ccnc(CC)n4)c3c2)c1. The van der Waals surface area contributed by atoms with Crippen molar-refractivity contribution in [2.24, 2.45) is 0 Å². The van der Waals surface area contributed by atoms with Crippen molar-refractivity contribution in [3.8, 4) is 22.4 Å². The van der Waals surface area contributed by atoms with E-state index in [-0.39, 0.29) is 5.91 Å². The number of benzene rings is 1. The Kier molecular flexibility index (Phi) is 4.68. The predicted molar refractivity (Wildman–Crippen MR) is 111 cm³/mol. The van der Waals surface area contributed by atoms with Crippen LogP contribution in [0.1, 0.15) is 12.7 Å². The molecule has 6 nitrogen and oxygen atoms in total. The van der Waals surface area contributed by atoms with E-state index in [0.29, 0.717) is 5.69 Å². The van der Waals surface area contributed by atoms with Crippen LogP contribution >= 0.6 is 0 Å². The molecule has 4 rings (SSSR count). The Bertz CT molecular complexity index is 1180. The fraction of sp³-hybridized carbons (Fsp3) is 0.0909. The number of aromatic amines is 1. The molecule has 1 aromatic carbocycles. The van der Waals surface area contributed by atoms with Crippen molar-refractivity contribution in [3.05, 3.63) is 73.5 Å². The van der Waals surface area contributed by atoms with Gasteiger partial charge in [-0.3, -0.25) is 4.79 Å². The van der Waals surface area contributed by atoms with Crippen LogP contribution in [-0.2, 0) is 11.2 Å². The highest BCUT2D eigenvalue weighted by Crippen LogP contribution is 2.30. The zero-order chi connectivity index (χ0) is 19.5. The van der Waals surface area contributed by atoms with Crippen LogP contribution in [0.25, 0.3) is 33.4 Å². The Labute approximate surface area is 162 Å². The Balaban J connectivity index is 1.77. The van der Waals surface area contributed by atoms with Gasteiger partial charge in [0.1, 0.15) is 11.5 Å². The summed E-state index contributed by atoms with van der Waals surface area (Å²) >= 11 is 0. The first-order chi connectivity index (χ1) is 13.7. The number of fused-ring (bicyclic) bond motifs is 1. The minimum atomic E-state index is -0.242. The number of hydrogen-bond acceptors (Lipinski definition) is 4. The number of pyridine rings is 1. The summed E-state index contributed by atoms with van der Waals surface area (Å²) in [6.45, 7) is 5.51. The Morgan fingerprint density at radius 1 is 1.21 bits per heavy atom. The normalized spacial score (nSPS) is 10.8. The highest BCUT2D eigenvalue weighted by Gasteiger charge is 2.11. The first-order valence-corrected chi connectivity index (χ1v) is 9.01. The van der Waals surface area contributed by atoms with E-state index < -0.39 is 0 Å². The monoisotopic (exact) mass is 369 g/mol. The lowest BCUT2D eigenvalue weighted by atomic mass is 10.0. The number of amides is 1. The number of hydrogen-bond donors (Lipinski definition) is 2. The van der Waals surface area contributed by atoms with Gasteiger partial charge >= 0.3 is 0 Å². The van der Waals surface area contributed by atoms with Gasteiger partial charge in [-0.15, -0.1) is 0 Å². The van der Waals surface area contributed by atoms with E-state index in [0.717, 1.165) is 45.7 Å². The third kappa shape index (κ3) is 3.40. The van der Waals surface area contributed by atoms with Gasteiger partial charge in [-0.1, -0.05) is 25.6 Å². The van der Waals surface area contributed by atoms with E-state index in [4.69, 9.17) is 0 Å². The van der Waals surface area contributed by atoms with E-state index in [2.05, 4.69) is 37.9 Å². The molecule has 0 saturated heterocycles. The van der Waals surface area contributed by atoms with Crippen molar-refractivity contribution in [3.63, 3.8) is 0 Å². The second kappa shape index (κ2) is 7.44. The smallest absolute Gasteiger partial charge is 0.247 e. The number of aromatic nitrogens is 4. The third-order valence-corrected chi connectivity index (χ3v) is 4.48. The third-order valence-electron chi connectivity index (χ3n) is 4.48. The lowest BCUT2D eigenvalue weighted by molar-refractivity contribution is -0.111. The molecule has 2 N–H and O–H groups in total. The van der Waals surface area contributed by atoms with Crippen LogP contribution in [0.5, 0.6) is 0 Å². The molecular weight excluding hydrogens is 350 g/mol. The molecule has 0 radical (unpaired) electrons. The van der Waals surface area contributed by atoms with Gasteiger partial charge in [-0.2, -0.15) is 0 Å². The number of aryl methyl sites for hydroxylation is 1. The van der Waals surface area contributed by atoms with Crippen LogP contribution in [0.2, 0.25) is 0 Å². The quantitative estimate of drug-likeness (QED) is 0.512. The van der Waals surface area contributed by atoms with Gasteiger partial charge in [-0.25, -0.2) is 15.0 Å². The van der Waals surface area contributed by atoms with Crippen molar-refractivity contribution in [1.29, 1.82) is 0 Å². The van der Waals surface area contributed by atoms with Crippen LogP contribution in [0.4, 0.5) is 5.69 Å². The van der Waals surface area contributed by atoms with Gasteiger partial charge in [0.25, 0.3) is 0 Å². The van der Waals surface area contributed by atoms with E-state index in [1.807, 2.05) is 49.6 Å². The van der Waals surface area contributed by atoms with Crippen LogP contribution < -0.4 is 5.32 Å². The Morgan fingerprint density at radius 2 is 2.11 bits per heavy atom. The molecule has 28 heavy (non-hydrogen) atoms. The summed E-state index contributed by atoms with van der Waals surface area (Å²) in [5, 5.41) is 3.77. The molecule has 3 aromatic heterocycles. The molecule has 0 saturated carbocycles. The highest BCUT2D eigenvalue weighted by atomic mass is 16.1. The average Bonchev–Trinajstić information content (AvgIpc) is 3.17. The molecule has 4 aromatic rings. The maximum atomic E-state index is 11.6. The zero-order valence-corrected chi connectivity index (χ0v) is 15.4. The molecule has 0 fully saturated rings. The fourth-order valence-corrected chi connectivity index (χ4v) is 3.06. The van der Waals surface area contributed by atoms with Crippen molar-refractivity contribution in [2.45, 2.75) is 13.3 Å².